The zero-order chi connectivity index (χ0) is 27.6. The average molecular weight is 547 g/mol. The largest absolute Gasteiger partial charge is 0.484 e. The normalized spacial score (nSPS) is 13.4. The van der Waals surface area contributed by atoms with Gasteiger partial charge in [-0.1, -0.05) is 42.5 Å². The Morgan fingerprint density at radius 2 is 1.72 bits per heavy atom. The Morgan fingerprint density at radius 3 is 2.44 bits per heavy atom. The van der Waals surface area contributed by atoms with Gasteiger partial charge in [0.1, 0.15) is 5.75 Å². The first-order chi connectivity index (χ1) is 18.9. The van der Waals surface area contributed by atoms with Crippen LogP contribution in [0.5, 0.6) is 5.75 Å². The first-order valence-corrected chi connectivity index (χ1v) is 13.4. The highest BCUT2D eigenvalue weighted by atomic mass is 32.1. The van der Waals surface area contributed by atoms with E-state index in [9.17, 15) is 9.59 Å². The Bertz CT molecular complexity index is 1290. The number of amides is 1. The van der Waals surface area contributed by atoms with Gasteiger partial charge in [-0.3, -0.25) is 15.0 Å². The van der Waals surface area contributed by atoms with Crippen LogP contribution in [0, 0.1) is 6.92 Å². The quantitative estimate of drug-likeness (QED) is 0.302. The summed E-state index contributed by atoms with van der Waals surface area (Å²) < 4.78 is 10.8. The maximum absolute atomic E-state index is 12.5. The van der Waals surface area contributed by atoms with Crippen molar-refractivity contribution < 1.29 is 19.1 Å². The number of carbonyl (C=O) groups excluding carboxylic acids is 2. The molecule has 0 aliphatic carbocycles. The summed E-state index contributed by atoms with van der Waals surface area (Å²) in [5.41, 5.74) is 4.26. The Kier molecular flexibility index (Phi) is 9.88. The van der Waals surface area contributed by atoms with E-state index in [2.05, 4.69) is 44.7 Å². The fourth-order valence-corrected chi connectivity index (χ4v) is 4.64. The Morgan fingerprint density at radius 1 is 0.949 bits per heavy atom. The lowest BCUT2D eigenvalue weighted by atomic mass is 10.1. The molecule has 1 fully saturated rings. The number of rotatable bonds is 9. The van der Waals surface area contributed by atoms with Crippen molar-refractivity contribution in [1.29, 1.82) is 0 Å². The summed E-state index contributed by atoms with van der Waals surface area (Å²) in [6.45, 7) is 8.14. The molecular weight excluding hydrogens is 512 g/mol. The van der Waals surface area contributed by atoms with Gasteiger partial charge in [0.25, 0.3) is 5.91 Å². The number of hydrogen-bond acceptors (Lipinski definition) is 7. The van der Waals surface area contributed by atoms with Crippen molar-refractivity contribution in [3.8, 4) is 5.75 Å². The topological polar surface area (TPSA) is 83.1 Å². The van der Waals surface area contributed by atoms with E-state index in [1.165, 1.54) is 5.56 Å². The van der Waals surface area contributed by atoms with Gasteiger partial charge < -0.3 is 19.7 Å². The molecule has 3 aromatic rings. The molecule has 0 radical (unpaired) electrons. The summed E-state index contributed by atoms with van der Waals surface area (Å²) in [6.07, 6.45) is 0. The Hall–Kier alpha value is -3.95. The monoisotopic (exact) mass is 546 g/mol. The molecule has 1 amide bonds. The van der Waals surface area contributed by atoms with Crippen LogP contribution in [-0.2, 0) is 16.1 Å². The summed E-state index contributed by atoms with van der Waals surface area (Å²) in [5, 5.41) is 5.90. The summed E-state index contributed by atoms with van der Waals surface area (Å²) in [6, 6.07) is 23.3. The van der Waals surface area contributed by atoms with E-state index in [1.807, 2.05) is 37.3 Å². The van der Waals surface area contributed by atoms with Gasteiger partial charge in [0.05, 0.1) is 23.5 Å². The molecule has 0 aromatic heterocycles. The van der Waals surface area contributed by atoms with Gasteiger partial charge in [-0.05, 0) is 67.5 Å². The van der Waals surface area contributed by atoms with Crippen molar-refractivity contribution in [1.82, 2.24) is 10.2 Å². The van der Waals surface area contributed by atoms with Crippen LogP contribution in [-0.4, -0.2) is 61.3 Å². The summed E-state index contributed by atoms with van der Waals surface area (Å²) in [5.74, 6) is -0.187. The van der Waals surface area contributed by atoms with Gasteiger partial charge in [0.15, 0.2) is 11.7 Å². The van der Waals surface area contributed by atoms with Crippen molar-refractivity contribution in [2.75, 3.05) is 49.6 Å². The molecule has 1 saturated heterocycles. The number of esters is 1. The number of nitrogens with zero attached hydrogens (tertiary/aromatic N) is 2. The second-order valence-electron chi connectivity index (χ2n) is 9.31. The molecule has 0 bridgehead atoms. The third-order valence-corrected chi connectivity index (χ3v) is 6.53. The molecule has 1 aliphatic heterocycles. The number of benzene rings is 3. The van der Waals surface area contributed by atoms with Gasteiger partial charge >= 0.3 is 5.97 Å². The van der Waals surface area contributed by atoms with Gasteiger partial charge in [-0.25, -0.2) is 4.79 Å². The number of thiocarbonyl (C=S) groups is 1. The molecule has 2 N–H and O–H groups in total. The summed E-state index contributed by atoms with van der Waals surface area (Å²) in [7, 11) is 0. The molecule has 4 rings (SSSR count). The second kappa shape index (κ2) is 13.7. The van der Waals surface area contributed by atoms with Crippen LogP contribution >= 0.6 is 12.2 Å². The minimum atomic E-state index is -0.415. The highest BCUT2D eigenvalue weighted by Gasteiger charge is 2.21. The minimum absolute atomic E-state index is 0.123. The zero-order valence-electron chi connectivity index (χ0n) is 22.3. The number of piperazine rings is 1. The van der Waals surface area contributed by atoms with Crippen LogP contribution in [0.2, 0.25) is 0 Å². The molecule has 0 spiro atoms. The lowest BCUT2D eigenvalue weighted by molar-refractivity contribution is -0.121. The Balaban J connectivity index is 1.40. The fourth-order valence-electron chi connectivity index (χ4n) is 4.41. The van der Waals surface area contributed by atoms with Gasteiger partial charge in [-0.2, -0.15) is 0 Å². The molecule has 204 valence electrons. The third-order valence-electron chi connectivity index (χ3n) is 6.33. The smallest absolute Gasteiger partial charge is 0.338 e. The molecule has 0 atom stereocenters. The van der Waals surface area contributed by atoms with Crippen LogP contribution < -0.4 is 20.3 Å². The first kappa shape index (κ1) is 28.1. The fraction of sp³-hybridized carbons (Fsp3) is 0.300. The number of aryl methyl sites for hydroxylation is 1. The van der Waals surface area contributed by atoms with E-state index in [0.717, 1.165) is 44.0 Å². The van der Waals surface area contributed by atoms with Crippen LogP contribution in [0.1, 0.15) is 28.4 Å². The molecule has 39 heavy (non-hydrogen) atoms. The maximum atomic E-state index is 12.5. The lowest BCUT2D eigenvalue weighted by Gasteiger charge is -2.37. The number of ether oxygens (including phenoxy) is 2. The van der Waals surface area contributed by atoms with Crippen LogP contribution in [0.3, 0.4) is 0 Å². The number of hydrogen-bond donors (Lipinski definition) is 2. The van der Waals surface area contributed by atoms with Crippen molar-refractivity contribution >= 4 is 40.6 Å². The number of nitrogens with one attached hydrogen (secondary N) is 2. The van der Waals surface area contributed by atoms with Crippen molar-refractivity contribution in [3.05, 3.63) is 89.5 Å². The maximum Gasteiger partial charge on any atom is 0.338 e. The number of anilines is 2. The highest BCUT2D eigenvalue weighted by molar-refractivity contribution is 7.80. The molecular formula is C30H34N4O4S. The zero-order valence-corrected chi connectivity index (χ0v) is 23.1. The second-order valence-corrected chi connectivity index (χ2v) is 9.72. The summed E-state index contributed by atoms with van der Waals surface area (Å²) in [4.78, 5) is 29.6. The molecule has 1 heterocycles. The Labute approximate surface area is 234 Å². The van der Waals surface area contributed by atoms with Crippen molar-refractivity contribution in [3.63, 3.8) is 0 Å². The van der Waals surface area contributed by atoms with Gasteiger partial charge in [-0.15, -0.1) is 0 Å². The van der Waals surface area contributed by atoms with Crippen LogP contribution in [0.15, 0.2) is 72.8 Å². The van der Waals surface area contributed by atoms with Crippen LogP contribution in [0.25, 0.3) is 0 Å². The molecule has 0 saturated carbocycles. The van der Waals surface area contributed by atoms with E-state index in [-0.39, 0.29) is 24.2 Å². The van der Waals surface area contributed by atoms with Gasteiger partial charge in [0.2, 0.25) is 0 Å². The van der Waals surface area contributed by atoms with Crippen molar-refractivity contribution in [2.24, 2.45) is 0 Å². The van der Waals surface area contributed by atoms with E-state index < -0.39 is 5.97 Å². The van der Waals surface area contributed by atoms with E-state index in [4.69, 9.17) is 21.7 Å². The SMILES string of the molecule is CCOC(=O)c1ccc(N2CCN(Cc3ccccc3)CC2)c(NC(=S)NC(=O)COc2cccc(C)c2)c1. The van der Waals surface area contributed by atoms with Crippen LogP contribution in [0.4, 0.5) is 11.4 Å². The minimum Gasteiger partial charge on any atom is -0.484 e. The van der Waals surface area contributed by atoms with E-state index in [1.54, 1.807) is 25.1 Å². The predicted molar refractivity (Wildman–Crippen MR) is 157 cm³/mol. The molecule has 8 nitrogen and oxygen atoms in total. The molecule has 9 heteroatoms. The van der Waals surface area contributed by atoms with E-state index in [0.29, 0.717) is 17.0 Å². The molecule has 0 unspecified atom stereocenters. The first-order valence-electron chi connectivity index (χ1n) is 13.0. The van der Waals surface area contributed by atoms with E-state index >= 15 is 0 Å². The summed E-state index contributed by atoms with van der Waals surface area (Å²) >= 11 is 5.44. The predicted octanol–water partition coefficient (Wildman–Crippen LogP) is 4.39. The lowest BCUT2D eigenvalue weighted by Crippen LogP contribution is -2.46. The standard InChI is InChI=1S/C30H34N4O4S/c1-3-37-29(36)24-12-13-27(34-16-14-33(15-17-34)20-23-9-5-4-6-10-23)26(19-24)31-30(39)32-28(35)21-38-25-11-7-8-22(2)18-25/h4-13,18-19H,3,14-17,20-21H2,1-2H3,(H2,31,32,35,39). The number of carbonyl (C=O) groups is 2. The molecule has 1 aliphatic rings. The average Bonchev–Trinajstić information content (AvgIpc) is 2.93. The van der Waals surface area contributed by atoms with Gasteiger partial charge in [0, 0.05) is 32.7 Å². The van der Waals surface area contributed by atoms with Crippen molar-refractivity contribution in [2.45, 2.75) is 20.4 Å². The third kappa shape index (κ3) is 8.27. The highest BCUT2D eigenvalue weighted by Crippen LogP contribution is 2.29. The molecule has 3 aromatic carbocycles.